The van der Waals surface area contributed by atoms with Gasteiger partial charge in [-0.1, -0.05) is 6.07 Å². The first-order valence-corrected chi connectivity index (χ1v) is 8.48. The van der Waals surface area contributed by atoms with Crippen molar-refractivity contribution in [3.8, 4) is 0 Å². The lowest BCUT2D eigenvalue weighted by Gasteiger charge is -2.43. The highest BCUT2D eigenvalue weighted by molar-refractivity contribution is 5.92. The molecule has 0 radical (unpaired) electrons. The van der Waals surface area contributed by atoms with Crippen LogP contribution in [0.1, 0.15) is 35.2 Å². The fraction of sp³-hybridized carbons (Fsp3) is 0.611. The van der Waals surface area contributed by atoms with E-state index in [4.69, 9.17) is 4.74 Å². The third kappa shape index (κ3) is 3.24. The minimum atomic E-state index is -2.75. The Morgan fingerprint density at radius 1 is 1.25 bits per heavy atom. The van der Waals surface area contributed by atoms with E-state index in [-0.39, 0.29) is 6.54 Å². The molecule has 0 N–H and O–H groups in total. The lowest BCUT2D eigenvalue weighted by atomic mass is 9.98. The average Bonchev–Trinajstić information content (AvgIpc) is 3.07. The van der Waals surface area contributed by atoms with Crippen LogP contribution in [0.25, 0.3) is 0 Å². The second-order valence-corrected chi connectivity index (χ2v) is 6.72. The normalized spacial score (nSPS) is 24.2. The van der Waals surface area contributed by atoms with Crippen LogP contribution < -0.4 is 4.90 Å². The number of methoxy groups -OCH3 is 1. The summed E-state index contributed by atoms with van der Waals surface area (Å²) in [5.74, 6) is -3.19. The molecule has 1 aromatic rings. The number of hydrogen-bond acceptors (Lipinski definition) is 4. The van der Waals surface area contributed by atoms with Gasteiger partial charge in [0, 0.05) is 12.2 Å². The predicted molar refractivity (Wildman–Crippen MR) is 88.9 cm³/mol. The number of alkyl halides is 2. The van der Waals surface area contributed by atoms with Gasteiger partial charge in [0.1, 0.15) is 0 Å². The van der Waals surface area contributed by atoms with E-state index in [1.807, 2.05) is 11.8 Å². The number of anilines is 1. The van der Waals surface area contributed by atoms with Crippen molar-refractivity contribution < 1.29 is 18.3 Å². The van der Waals surface area contributed by atoms with E-state index in [9.17, 15) is 13.6 Å². The molecule has 0 bridgehead atoms. The van der Waals surface area contributed by atoms with Crippen LogP contribution in [-0.4, -0.2) is 56.1 Å². The zero-order valence-corrected chi connectivity index (χ0v) is 14.2. The van der Waals surface area contributed by atoms with Crippen molar-refractivity contribution in [1.29, 1.82) is 0 Å². The molecule has 0 saturated carbocycles. The van der Waals surface area contributed by atoms with Crippen molar-refractivity contribution >= 4 is 11.7 Å². The van der Waals surface area contributed by atoms with E-state index in [0.29, 0.717) is 24.2 Å². The molecule has 0 aromatic heterocycles. The Morgan fingerprint density at radius 2 is 1.96 bits per heavy atom. The molecule has 2 saturated heterocycles. The molecule has 0 aliphatic carbocycles. The maximum absolute atomic E-state index is 14.7. The van der Waals surface area contributed by atoms with E-state index >= 15 is 0 Å². The van der Waals surface area contributed by atoms with Gasteiger partial charge < -0.3 is 9.64 Å². The van der Waals surface area contributed by atoms with Gasteiger partial charge in [0.05, 0.1) is 25.3 Å². The summed E-state index contributed by atoms with van der Waals surface area (Å²) in [5, 5.41) is 0. The van der Waals surface area contributed by atoms with Gasteiger partial charge in [0.2, 0.25) is 0 Å². The van der Waals surface area contributed by atoms with Crippen LogP contribution in [-0.2, 0) is 4.74 Å². The molecule has 1 atom stereocenters. The fourth-order valence-corrected chi connectivity index (χ4v) is 3.79. The second-order valence-electron chi connectivity index (χ2n) is 6.72. The summed E-state index contributed by atoms with van der Waals surface area (Å²) in [6, 6.07) is 4.58. The van der Waals surface area contributed by atoms with E-state index in [2.05, 4.69) is 0 Å². The summed E-state index contributed by atoms with van der Waals surface area (Å²) in [7, 11) is 1.32. The quantitative estimate of drug-likeness (QED) is 0.793. The Balaban J connectivity index is 1.78. The Kier molecular flexibility index (Phi) is 4.76. The maximum Gasteiger partial charge on any atom is 0.338 e. The van der Waals surface area contributed by atoms with Crippen LogP contribution in [0.3, 0.4) is 0 Å². The van der Waals surface area contributed by atoms with E-state index in [1.54, 1.807) is 23.1 Å². The summed E-state index contributed by atoms with van der Waals surface area (Å²) < 4.78 is 34.1. The predicted octanol–water partition coefficient (Wildman–Crippen LogP) is 3.09. The Morgan fingerprint density at radius 3 is 2.58 bits per heavy atom. The number of hydrogen-bond donors (Lipinski definition) is 0. The molecule has 2 aliphatic rings. The number of likely N-dealkylation sites (tertiary alicyclic amines) is 1. The lowest BCUT2D eigenvalue weighted by molar-refractivity contribution is -0.0822. The highest BCUT2D eigenvalue weighted by Crippen LogP contribution is 2.35. The molecule has 6 heteroatoms. The summed E-state index contributed by atoms with van der Waals surface area (Å²) in [4.78, 5) is 15.4. The number of esters is 1. The maximum atomic E-state index is 14.7. The molecule has 2 fully saturated rings. The Bertz CT molecular complexity index is 615. The topological polar surface area (TPSA) is 32.8 Å². The van der Waals surface area contributed by atoms with E-state index < -0.39 is 17.9 Å². The molecule has 132 valence electrons. The molecule has 3 rings (SSSR count). The SMILES string of the molecule is COC(=O)c1cc(N2CCC(N3CCCC3)C(F)(F)C2)ccc1C. The van der Waals surface area contributed by atoms with Gasteiger partial charge in [0.15, 0.2) is 0 Å². The van der Waals surface area contributed by atoms with Crippen molar-refractivity contribution in [2.24, 2.45) is 0 Å². The molecule has 0 amide bonds. The third-order valence-electron chi connectivity index (χ3n) is 5.13. The standard InChI is InChI=1S/C18H24F2N2O2/c1-13-5-6-14(11-15(13)17(23)24-2)22-10-7-16(18(19,20)12-22)21-8-3-4-9-21/h5-6,11,16H,3-4,7-10,12H2,1-2H3. The molecule has 2 aliphatic heterocycles. The number of piperidine rings is 1. The van der Waals surface area contributed by atoms with Crippen molar-refractivity contribution in [1.82, 2.24) is 4.90 Å². The molecular formula is C18H24F2N2O2. The zero-order valence-electron chi connectivity index (χ0n) is 14.2. The first-order valence-electron chi connectivity index (χ1n) is 8.48. The molecule has 1 aromatic carbocycles. The number of aryl methyl sites for hydroxylation is 1. The third-order valence-corrected chi connectivity index (χ3v) is 5.13. The van der Waals surface area contributed by atoms with Gasteiger partial charge >= 0.3 is 5.97 Å². The molecule has 24 heavy (non-hydrogen) atoms. The minimum absolute atomic E-state index is 0.308. The summed E-state index contributed by atoms with van der Waals surface area (Å²) >= 11 is 0. The highest BCUT2D eigenvalue weighted by atomic mass is 19.3. The molecule has 0 spiro atoms. The lowest BCUT2D eigenvalue weighted by Crippen LogP contribution is -2.58. The van der Waals surface area contributed by atoms with Gasteiger partial charge in [0.25, 0.3) is 5.92 Å². The number of benzene rings is 1. The average molecular weight is 338 g/mol. The van der Waals surface area contributed by atoms with Gasteiger partial charge in [-0.05, 0) is 57.0 Å². The molecular weight excluding hydrogens is 314 g/mol. The zero-order chi connectivity index (χ0) is 17.3. The Labute approximate surface area is 141 Å². The monoisotopic (exact) mass is 338 g/mol. The van der Waals surface area contributed by atoms with Gasteiger partial charge in [-0.15, -0.1) is 0 Å². The molecule has 4 nitrogen and oxygen atoms in total. The Hall–Kier alpha value is -1.69. The first kappa shape index (κ1) is 17.1. The van der Waals surface area contributed by atoms with Crippen LogP contribution in [0.5, 0.6) is 0 Å². The van der Waals surface area contributed by atoms with E-state index in [0.717, 1.165) is 31.5 Å². The van der Waals surface area contributed by atoms with Crippen LogP contribution in [0.4, 0.5) is 14.5 Å². The number of nitrogens with zero attached hydrogens (tertiary/aromatic N) is 2. The van der Waals surface area contributed by atoms with Crippen molar-refractivity contribution in [2.75, 3.05) is 38.2 Å². The van der Waals surface area contributed by atoms with Crippen molar-refractivity contribution in [2.45, 2.75) is 38.2 Å². The summed E-state index contributed by atoms with van der Waals surface area (Å²) in [6.07, 6.45) is 2.46. The number of ether oxygens (including phenoxy) is 1. The van der Waals surface area contributed by atoms with Crippen molar-refractivity contribution in [3.63, 3.8) is 0 Å². The molecule has 2 heterocycles. The van der Waals surface area contributed by atoms with Gasteiger partial charge in [-0.2, -0.15) is 0 Å². The summed E-state index contributed by atoms with van der Waals surface area (Å²) in [6.45, 7) is 3.62. The van der Waals surface area contributed by atoms with Crippen LogP contribution in [0.2, 0.25) is 0 Å². The smallest absolute Gasteiger partial charge is 0.338 e. The summed E-state index contributed by atoms with van der Waals surface area (Å²) in [5.41, 5.74) is 1.87. The second kappa shape index (κ2) is 6.67. The highest BCUT2D eigenvalue weighted by Gasteiger charge is 2.47. The van der Waals surface area contributed by atoms with Crippen LogP contribution in [0, 0.1) is 6.92 Å². The number of carbonyl (C=O) groups excluding carboxylic acids is 1. The molecule has 1 unspecified atom stereocenters. The van der Waals surface area contributed by atoms with Gasteiger partial charge in [-0.25, -0.2) is 13.6 Å². The van der Waals surface area contributed by atoms with Gasteiger partial charge in [-0.3, -0.25) is 4.90 Å². The van der Waals surface area contributed by atoms with E-state index in [1.165, 1.54) is 7.11 Å². The van der Waals surface area contributed by atoms with Crippen LogP contribution in [0.15, 0.2) is 18.2 Å². The number of carbonyl (C=O) groups is 1. The first-order chi connectivity index (χ1) is 11.4. The largest absolute Gasteiger partial charge is 0.465 e. The number of rotatable bonds is 3. The number of halogens is 2. The van der Waals surface area contributed by atoms with Crippen molar-refractivity contribution in [3.05, 3.63) is 29.3 Å². The fourth-order valence-electron chi connectivity index (χ4n) is 3.79. The van der Waals surface area contributed by atoms with Crippen LogP contribution >= 0.6 is 0 Å². The minimum Gasteiger partial charge on any atom is -0.465 e.